The quantitative estimate of drug-likeness (QED) is 0.639. The van der Waals surface area contributed by atoms with E-state index in [1.54, 1.807) is 32.0 Å². The van der Waals surface area contributed by atoms with Gasteiger partial charge in [-0.15, -0.1) is 0 Å². The van der Waals surface area contributed by atoms with Crippen molar-refractivity contribution in [3.63, 3.8) is 0 Å². The second-order valence-electron chi connectivity index (χ2n) is 8.20. The third-order valence-electron chi connectivity index (χ3n) is 5.41. The normalized spacial score (nSPS) is 20.3. The van der Waals surface area contributed by atoms with Gasteiger partial charge < -0.3 is 5.32 Å². The highest BCUT2D eigenvalue weighted by Gasteiger charge is 2.33. The van der Waals surface area contributed by atoms with Crippen molar-refractivity contribution in [2.75, 3.05) is 6.54 Å². The monoisotopic (exact) mass is 436 g/mol. The Morgan fingerprint density at radius 3 is 2.37 bits per heavy atom. The molecule has 166 valence electrons. The number of hydrogen-bond acceptors (Lipinski definition) is 5. The molecule has 2 rings (SSSR count). The molecule has 7 nitrogen and oxygen atoms in total. The third-order valence-corrected chi connectivity index (χ3v) is 6.86. The van der Waals surface area contributed by atoms with Gasteiger partial charge in [0.1, 0.15) is 0 Å². The van der Waals surface area contributed by atoms with Gasteiger partial charge >= 0.3 is 0 Å². The van der Waals surface area contributed by atoms with Crippen LogP contribution in [0.3, 0.4) is 0 Å². The molecule has 1 aromatic rings. The maximum atomic E-state index is 13.0. The summed E-state index contributed by atoms with van der Waals surface area (Å²) in [5.74, 6) is -2.63. The maximum absolute atomic E-state index is 13.0. The number of hydrogen-bond donors (Lipinski definition) is 2. The number of Topliss-reactive ketones (excluding diaryl/α,β-unsaturated/α-hetero) is 2. The van der Waals surface area contributed by atoms with Gasteiger partial charge in [-0.3, -0.25) is 14.4 Å². The van der Waals surface area contributed by atoms with E-state index in [0.717, 1.165) is 32.1 Å². The summed E-state index contributed by atoms with van der Waals surface area (Å²) in [6.07, 6.45) is 4.87. The summed E-state index contributed by atoms with van der Waals surface area (Å²) in [6.45, 7) is 3.96. The molecule has 0 aromatic heterocycles. The number of nitrogens with one attached hydrogen (secondary N) is 2. The lowest BCUT2D eigenvalue weighted by Gasteiger charge is -2.23. The highest BCUT2D eigenvalue weighted by atomic mass is 32.2. The molecule has 0 bridgehead atoms. The third kappa shape index (κ3) is 7.02. The molecule has 0 saturated carbocycles. The molecule has 30 heavy (non-hydrogen) atoms. The van der Waals surface area contributed by atoms with Crippen LogP contribution in [0.15, 0.2) is 35.2 Å². The summed E-state index contributed by atoms with van der Waals surface area (Å²) in [5, 5.41) is 2.63. The van der Waals surface area contributed by atoms with Crippen molar-refractivity contribution in [1.82, 2.24) is 10.0 Å². The predicted octanol–water partition coefficient (Wildman–Crippen LogP) is 2.60. The molecule has 1 heterocycles. The topological polar surface area (TPSA) is 109 Å². The van der Waals surface area contributed by atoms with Gasteiger partial charge in [0.15, 0.2) is 5.78 Å². The zero-order valence-corrected chi connectivity index (χ0v) is 18.5. The number of benzene rings is 1. The van der Waals surface area contributed by atoms with Crippen LogP contribution >= 0.6 is 0 Å². The number of carbonyl (C=O) groups is 3. The van der Waals surface area contributed by atoms with Gasteiger partial charge in [-0.2, -0.15) is 0 Å². The number of ketones is 2. The van der Waals surface area contributed by atoms with Crippen LogP contribution in [-0.4, -0.2) is 38.5 Å². The molecule has 1 aliphatic heterocycles. The zero-order valence-electron chi connectivity index (χ0n) is 17.7. The Bertz CT molecular complexity index is 836. The number of rotatable bonds is 7. The molecule has 2 N–H and O–H groups in total. The first-order valence-electron chi connectivity index (χ1n) is 10.6. The van der Waals surface area contributed by atoms with E-state index in [2.05, 4.69) is 10.0 Å². The molecule has 2 atom stereocenters. The number of carbonyl (C=O) groups excluding carboxylic acids is 3. The largest absolute Gasteiger partial charge is 0.349 e. The SMILES string of the molecule is CC(C)C(NS(=O)(=O)c1ccccc1)C(=O)CC1CCCCCCCNC(=O)C1=O. The Labute approximate surface area is 179 Å². The molecule has 0 spiro atoms. The van der Waals surface area contributed by atoms with Crippen LogP contribution in [0.25, 0.3) is 0 Å². The van der Waals surface area contributed by atoms with Crippen molar-refractivity contribution < 1.29 is 22.8 Å². The van der Waals surface area contributed by atoms with Crippen LogP contribution in [0.2, 0.25) is 0 Å². The average Bonchev–Trinajstić information content (AvgIpc) is 2.75. The van der Waals surface area contributed by atoms with Crippen LogP contribution in [0.1, 0.15) is 58.8 Å². The fraction of sp³-hybridized carbons (Fsp3) is 0.591. The average molecular weight is 437 g/mol. The fourth-order valence-electron chi connectivity index (χ4n) is 3.62. The van der Waals surface area contributed by atoms with E-state index >= 15 is 0 Å². The molecule has 1 aliphatic rings. The van der Waals surface area contributed by atoms with E-state index in [9.17, 15) is 22.8 Å². The highest BCUT2D eigenvalue weighted by Crippen LogP contribution is 2.21. The van der Waals surface area contributed by atoms with Gasteiger partial charge in [0, 0.05) is 18.9 Å². The van der Waals surface area contributed by atoms with E-state index in [1.807, 2.05) is 0 Å². The smallest absolute Gasteiger partial charge is 0.287 e. The molecule has 1 fully saturated rings. The minimum Gasteiger partial charge on any atom is -0.349 e. The van der Waals surface area contributed by atoms with Gasteiger partial charge in [-0.1, -0.05) is 57.7 Å². The predicted molar refractivity (Wildman–Crippen MR) is 114 cm³/mol. The van der Waals surface area contributed by atoms with Gasteiger partial charge in [0.25, 0.3) is 5.91 Å². The standard InChI is InChI=1S/C22H32N2O5S/c1-16(2)20(24-30(28,29)18-12-8-6-9-13-18)19(25)15-17-11-7-4-3-5-10-14-23-22(27)21(17)26/h6,8-9,12-13,16-17,20,24H,3-5,7,10-11,14-15H2,1-2H3,(H,23,27). The van der Waals surface area contributed by atoms with Crippen LogP contribution in [-0.2, 0) is 24.4 Å². The van der Waals surface area contributed by atoms with E-state index in [1.165, 1.54) is 12.1 Å². The first kappa shape index (κ1) is 24.2. The fourth-order valence-corrected chi connectivity index (χ4v) is 5.01. The van der Waals surface area contributed by atoms with Gasteiger partial charge in [0.05, 0.1) is 10.9 Å². The van der Waals surface area contributed by atoms with Crippen LogP contribution < -0.4 is 10.0 Å². The molecule has 1 amide bonds. The summed E-state index contributed by atoms with van der Waals surface area (Å²) in [4.78, 5) is 37.9. The molecular weight excluding hydrogens is 404 g/mol. The van der Waals surface area contributed by atoms with Crippen molar-refractivity contribution >= 4 is 27.5 Å². The Morgan fingerprint density at radius 2 is 1.70 bits per heavy atom. The zero-order chi connectivity index (χ0) is 22.1. The first-order chi connectivity index (χ1) is 14.2. The van der Waals surface area contributed by atoms with E-state index < -0.39 is 33.7 Å². The summed E-state index contributed by atoms with van der Waals surface area (Å²) in [5.41, 5.74) is 0. The van der Waals surface area contributed by atoms with Gasteiger partial charge in [-0.25, -0.2) is 13.1 Å². The Morgan fingerprint density at radius 1 is 1.07 bits per heavy atom. The van der Waals surface area contributed by atoms with Gasteiger partial charge in [-0.05, 0) is 30.9 Å². The lowest BCUT2D eigenvalue weighted by atomic mass is 9.87. The van der Waals surface area contributed by atoms with Crippen molar-refractivity contribution in [3.05, 3.63) is 30.3 Å². The minimum absolute atomic E-state index is 0.0776. The van der Waals surface area contributed by atoms with Crippen molar-refractivity contribution in [2.45, 2.75) is 69.7 Å². The summed E-state index contributed by atoms with van der Waals surface area (Å²) in [7, 11) is -3.88. The van der Waals surface area contributed by atoms with Crippen LogP contribution in [0.5, 0.6) is 0 Å². The highest BCUT2D eigenvalue weighted by molar-refractivity contribution is 7.89. The molecule has 1 saturated heterocycles. The molecule has 1 aromatic carbocycles. The first-order valence-corrected chi connectivity index (χ1v) is 12.1. The van der Waals surface area contributed by atoms with Crippen LogP contribution in [0.4, 0.5) is 0 Å². The maximum Gasteiger partial charge on any atom is 0.287 e. The Balaban J connectivity index is 2.15. The minimum atomic E-state index is -3.88. The van der Waals surface area contributed by atoms with E-state index in [-0.39, 0.29) is 23.0 Å². The van der Waals surface area contributed by atoms with Crippen molar-refractivity contribution in [1.29, 1.82) is 0 Å². The summed E-state index contributed by atoms with van der Waals surface area (Å²) in [6, 6.07) is 6.89. The Hall–Kier alpha value is -2.06. The van der Waals surface area contributed by atoms with Crippen molar-refractivity contribution in [3.8, 4) is 0 Å². The number of sulfonamides is 1. The molecular formula is C22H32N2O5S. The Kier molecular flexibility index (Phi) is 9.17. The molecule has 0 radical (unpaired) electrons. The second-order valence-corrected chi connectivity index (χ2v) is 9.91. The van der Waals surface area contributed by atoms with E-state index in [0.29, 0.717) is 13.0 Å². The van der Waals surface area contributed by atoms with Gasteiger partial charge in [0.2, 0.25) is 15.8 Å². The summed E-state index contributed by atoms with van der Waals surface area (Å²) < 4.78 is 27.9. The van der Waals surface area contributed by atoms with Crippen molar-refractivity contribution in [2.24, 2.45) is 11.8 Å². The molecule has 0 aliphatic carbocycles. The molecule has 2 unspecified atom stereocenters. The lowest BCUT2D eigenvalue weighted by molar-refractivity contribution is -0.141. The molecule has 8 heteroatoms. The number of amides is 1. The second kappa shape index (κ2) is 11.4. The lowest BCUT2D eigenvalue weighted by Crippen LogP contribution is -2.46. The summed E-state index contributed by atoms with van der Waals surface area (Å²) >= 11 is 0. The van der Waals surface area contributed by atoms with Crippen LogP contribution in [0, 0.1) is 11.8 Å². The van der Waals surface area contributed by atoms with E-state index in [4.69, 9.17) is 0 Å².